The van der Waals surface area contributed by atoms with E-state index in [4.69, 9.17) is 11.6 Å². The van der Waals surface area contributed by atoms with Gasteiger partial charge < -0.3 is 10.2 Å². The molecule has 0 bridgehead atoms. The van der Waals surface area contributed by atoms with Gasteiger partial charge in [0.15, 0.2) is 0 Å². The maximum Gasteiger partial charge on any atom is 0.113 e. The Morgan fingerprint density at radius 1 is 1.60 bits per heavy atom. The van der Waals surface area contributed by atoms with Crippen LogP contribution >= 0.6 is 22.9 Å². The molecule has 0 spiro atoms. The summed E-state index contributed by atoms with van der Waals surface area (Å²) >= 11 is 7.32. The minimum atomic E-state index is 0.598. The Kier molecular flexibility index (Phi) is 5.53. The van der Waals surface area contributed by atoms with Gasteiger partial charge in [-0.05, 0) is 20.9 Å². The van der Waals surface area contributed by atoms with E-state index < -0.39 is 0 Å². The molecule has 1 aromatic rings. The molecule has 0 saturated carbocycles. The van der Waals surface area contributed by atoms with Gasteiger partial charge in [0, 0.05) is 25.7 Å². The lowest BCUT2D eigenvalue weighted by Gasteiger charge is -2.20. The fraction of sp³-hybridized carbons (Fsp3) is 0.700. The van der Waals surface area contributed by atoms with Crippen molar-refractivity contribution in [3.05, 3.63) is 15.5 Å². The summed E-state index contributed by atoms with van der Waals surface area (Å²) in [7, 11) is 2.13. The second-order valence-corrected chi connectivity index (χ2v) is 5.56. The predicted molar refractivity (Wildman–Crippen MR) is 66.6 cm³/mol. The molecule has 0 unspecified atom stereocenters. The normalized spacial score (nSPS) is 11.6. The van der Waals surface area contributed by atoms with E-state index in [9.17, 15) is 0 Å². The molecule has 0 saturated heterocycles. The SMILES string of the molecule is CC(C)N(C)CCNCc1ncc(Cl)s1. The number of thiazole rings is 1. The smallest absolute Gasteiger partial charge is 0.113 e. The Morgan fingerprint density at radius 3 is 2.87 bits per heavy atom. The summed E-state index contributed by atoms with van der Waals surface area (Å²) in [6.07, 6.45) is 1.70. The lowest BCUT2D eigenvalue weighted by Crippen LogP contribution is -2.33. The second kappa shape index (κ2) is 6.43. The highest BCUT2D eigenvalue weighted by molar-refractivity contribution is 7.15. The van der Waals surface area contributed by atoms with Crippen LogP contribution in [0.15, 0.2) is 6.20 Å². The van der Waals surface area contributed by atoms with Gasteiger partial charge in [-0.1, -0.05) is 11.6 Å². The van der Waals surface area contributed by atoms with Gasteiger partial charge in [-0.25, -0.2) is 4.98 Å². The molecule has 5 heteroatoms. The molecule has 1 heterocycles. The monoisotopic (exact) mass is 247 g/mol. The topological polar surface area (TPSA) is 28.2 Å². The van der Waals surface area contributed by atoms with Crippen LogP contribution in [-0.4, -0.2) is 36.1 Å². The number of nitrogens with zero attached hydrogens (tertiary/aromatic N) is 2. The number of hydrogen-bond donors (Lipinski definition) is 1. The summed E-state index contributed by atoms with van der Waals surface area (Å²) < 4.78 is 0.756. The average Bonchev–Trinajstić information content (AvgIpc) is 2.58. The van der Waals surface area contributed by atoms with E-state index in [2.05, 4.69) is 36.1 Å². The van der Waals surface area contributed by atoms with E-state index in [1.54, 1.807) is 6.20 Å². The quantitative estimate of drug-likeness (QED) is 0.782. The summed E-state index contributed by atoms with van der Waals surface area (Å²) in [6, 6.07) is 0.598. The van der Waals surface area contributed by atoms with Crippen molar-refractivity contribution < 1.29 is 0 Å². The molecule has 0 aliphatic heterocycles. The van der Waals surface area contributed by atoms with Gasteiger partial charge in [0.1, 0.15) is 9.34 Å². The van der Waals surface area contributed by atoms with Crippen LogP contribution in [0.5, 0.6) is 0 Å². The molecule has 1 N–H and O–H groups in total. The maximum absolute atomic E-state index is 5.79. The molecule has 0 aromatic carbocycles. The second-order valence-electron chi connectivity index (χ2n) is 3.81. The summed E-state index contributed by atoms with van der Waals surface area (Å²) in [5.74, 6) is 0. The summed E-state index contributed by atoms with van der Waals surface area (Å²) in [5.41, 5.74) is 0. The van der Waals surface area contributed by atoms with Crippen molar-refractivity contribution >= 4 is 22.9 Å². The molecule has 0 fully saturated rings. The summed E-state index contributed by atoms with van der Waals surface area (Å²) in [6.45, 7) is 7.23. The van der Waals surface area contributed by atoms with E-state index in [-0.39, 0.29) is 0 Å². The largest absolute Gasteiger partial charge is 0.309 e. The molecule has 0 aliphatic rings. The molecule has 0 atom stereocenters. The van der Waals surface area contributed by atoms with Crippen LogP contribution in [0.2, 0.25) is 4.34 Å². The van der Waals surface area contributed by atoms with Crippen molar-refractivity contribution in [3.8, 4) is 0 Å². The van der Waals surface area contributed by atoms with E-state index in [0.717, 1.165) is 29.0 Å². The first kappa shape index (κ1) is 12.9. The Labute approximate surface area is 100 Å². The number of rotatable bonds is 6. The fourth-order valence-electron chi connectivity index (χ4n) is 1.08. The molecular weight excluding hydrogens is 230 g/mol. The molecule has 1 rings (SSSR count). The molecule has 86 valence electrons. The Hall–Kier alpha value is -0.160. The maximum atomic E-state index is 5.79. The molecular formula is C10H18ClN3S. The lowest BCUT2D eigenvalue weighted by atomic mass is 10.3. The lowest BCUT2D eigenvalue weighted by molar-refractivity contribution is 0.273. The van der Waals surface area contributed by atoms with Crippen molar-refractivity contribution in [1.82, 2.24) is 15.2 Å². The van der Waals surface area contributed by atoms with Gasteiger partial charge in [-0.15, -0.1) is 11.3 Å². The van der Waals surface area contributed by atoms with E-state index in [0.29, 0.717) is 6.04 Å². The Bertz CT molecular complexity index is 288. The van der Waals surface area contributed by atoms with Crippen molar-refractivity contribution in [3.63, 3.8) is 0 Å². The summed E-state index contributed by atoms with van der Waals surface area (Å²) in [4.78, 5) is 6.49. The summed E-state index contributed by atoms with van der Waals surface area (Å²) in [5, 5.41) is 4.40. The van der Waals surface area contributed by atoms with Crippen LogP contribution in [0.3, 0.4) is 0 Å². The number of nitrogens with one attached hydrogen (secondary N) is 1. The van der Waals surface area contributed by atoms with Gasteiger partial charge in [-0.3, -0.25) is 0 Å². The van der Waals surface area contributed by atoms with Crippen molar-refractivity contribution in [1.29, 1.82) is 0 Å². The van der Waals surface area contributed by atoms with Gasteiger partial charge >= 0.3 is 0 Å². The highest BCUT2D eigenvalue weighted by Gasteiger charge is 2.02. The van der Waals surface area contributed by atoms with Crippen molar-refractivity contribution in [2.45, 2.75) is 26.4 Å². The molecule has 1 aromatic heterocycles. The van der Waals surface area contributed by atoms with Crippen LogP contribution in [0, 0.1) is 0 Å². The molecule has 0 amide bonds. The van der Waals surface area contributed by atoms with Gasteiger partial charge in [0.05, 0.1) is 6.20 Å². The molecule has 0 aliphatic carbocycles. The van der Waals surface area contributed by atoms with Gasteiger partial charge in [0.25, 0.3) is 0 Å². The zero-order valence-corrected chi connectivity index (χ0v) is 11.0. The van der Waals surface area contributed by atoms with E-state index >= 15 is 0 Å². The first-order valence-corrected chi connectivity index (χ1v) is 6.30. The van der Waals surface area contributed by atoms with Gasteiger partial charge in [0.2, 0.25) is 0 Å². The van der Waals surface area contributed by atoms with Crippen molar-refractivity contribution in [2.24, 2.45) is 0 Å². The predicted octanol–water partition coefficient (Wildman–Crippen LogP) is 2.23. The minimum absolute atomic E-state index is 0.598. The Morgan fingerprint density at radius 2 is 2.33 bits per heavy atom. The van der Waals surface area contributed by atoms with Crippen LogP contribution in [0.25, 0.3) is 0 Å². The number of aromatic nitrogens is 1. The number of hydrogen-bond acceptors (Lipinski definition) is 4. The van der Waals surface area contributed by atoms with Crippen LogP contribution in [-0.2, 0) is 6.54 Å². The van der Waals surface area contributed by atoms with Crippen LogP contribution < -0.4 is 5.32 Å². The van der Waals surface area contributed by atoms with Gasteiger partial charge in [-0.2, -0.15) is 0 Å². The third-order valence-electron chi connectivity index (χ3n) is 2.32. The highest BCUT2D eigenvalue weighted by atomic mass is 35.5. The third kappa shape index (κ3) is 4.93. The zero-order chi connectivity index (χ0) is 11.3. The zero-order valence-electron chi connectivity index (χ0n) is 9.46. The molecule has 0 radical (unpaired) electrons. The minimum Gasteiger partial charge on any atom is -0.309 e. The molecule has 15 heavy (non-hydrogen) atoms. The van der Waals surface area contributed by atoms with Crippen LogP contribution in [0.4, 0.5) is 0 Å². The third-order valence-corrected chi connectivity index (χ3v) is 3.44. The number of halogens is 1. The first-order chi connectivity index (χ1) is 7.09. The van der Waals surface area contributed by atoms with E-state index in [1.165, 1.54) is 11.3 Å². The van der Waals surface area contributed by atoms with Crippen LogP contribution in [0.1, 0.15) is 18.9 Å². The van der Waals surface area contributed by atoms with Crippen molar-refractivity contribution in [2.75, 3.05) is 20.1 Å². The standard InChI is InChI=1S/C10H18ClN3S/c1-8(2)14(3)5-4-12-7-10-13-6-9(11)15-10/h6,8,12H,4-5,7H2,1-3H3. The molecule has 3 nitrogen and oxygen atoms in total. The average molecular weight is 248 g/mol. The van der Waals surface area contributed by atoms with E-state index in [1.807, 2.05) is 0 Å². The first-order valence-electron chi connectivity index (χ1n) is 5.10. The Balaban J connectivity index is 2.12. The highest BCUT2D eigenvalue weighted by Crippen LogP contribution is 2.17. The fourth-order valence-corrected chi connectivity index (χ4v) is 2.00. The number of likely N-dealkylation sites (N-methyl/N-ethyl adjacent to an activating group) is 1.